The van der Waals surface area contributed by atoms with E-state index in [1.807, 2.05) is 213 Å². The molecule has 9 aromatic rings. The van der Waals surface area contributed by atoms with E-state index in [2.05, 4.69) is 4.72 Å². The monoisotopic (exact) mass is 1000 g/mol. The van der Waals surface area contributed by atoms with Gasteiger partial charge in [-0.05, 0) is 112 Å². The molecule has 0 fully saturated rings. The fourth-order valence-electron chi connectivity index (χ4n) is 8.11. The molecule has 0 aliphatic rings. The van der Waals surface area contributed by atoms with Gasteiger partial charge in [0.05, 0.1) is 17.0 Å². The second-order valence-corrected chi connectivity index (χ2v) is 19.6. The molecule has 0 spiro atoms. The molecule has 74 heavy (non-hydrogen) atoms. The Morgan fingerprint density at radius 1 is 0.365 bits per heavy atom. The molecule has 0 radical (unpaired) electrons. The highest BCUT2D eigenvalue weighted by atomic mass is 32.2. The average Bonchev–Trinajstić information content (AvgIpc) is 3.44. The first kappa shape index (κ1) is 50.6. The van der Waals surface area contributed by atoms with Crippen LogP contribution in [0.25, 0.3) is 0 Å². The van der Waals surface area contributed by atoms with Gasteiger partial charge in [-0.3, -0.25) is 0 Å². The molecule has 10 nitrogen and oxygen atoms in total. The van der Waals surface area contributed by atoms with Crippen molar-refractivity contribution in [2.24, 2.45) is 5.73 Å². The number of hydrogen-bond donors (Lipinski definition) is 2. The van der Waals surface area contributed by atoms with Crippen molar-refractivity contribution in [1.29, 1.82) is 0 Å². The third kappa shape index (κ3) is 14.6. The molecule has 0 aliphatic heterocycles. The molecule has 9 aromatic carbocycles. The Kier molecular flexibility index (Phi) is 17.0. The largest absolute Gasteiger partial charge is 0.489 e. The number of hydrogen-bond acceptors (Lipinski definition) is 9. The molecule has 0 saturated heterocycles. The lowest BCUT2D eigenvalue weighted by Gasteiger charge is -2.26. The quantitative estimate of drug-likeness (QED) is 0.0608. The highest BCUT2D eigenvalue weighted by molar-refractivity contribution is 7.89. The molecule has 0 amide bonds. The Hall–Kier alpha value is -8.35. The standard InChI is InChI=1S/C63H58N2O8S/c1-46-22-32-61(33-23-46)74(66,67)65-63(54-26-30-56(31-27-54)69-45-52-36-59(72-42-49-18-10-4-11-19-49)39-60(37-52)73-43-50-20-12-5-13-21-50)62(64)53-24-28-55(29-25-53)68-44-51-34-57(70-40-47-14-6-2-7-15-47)38-58(35-51)71-41-48-16-8-3-9-17-48/h2-39,62-63,65H,40-45,64H2,1H3/t62-,63-/m1/s1. The molecule has 0 bridgehead atoms. The first-order valence-corrected chi connectivity index (χ1v) is 25.9. The van der Waals surface area contributed by atoms with Crippen LogP contribution >= 0.6 is 0 Å². The van der Waals surface area contributed by atoms with Crippen LogP contribution in [0.5, 0.6) is 34.5 Å². The van der Waals surface area contributed by atoms with Gasteiger partial charge in [0.2, 0.25) is 10.0 Å². The number of rotatable bonds is 24. The summed E-state index contributed by atoms with van der Waals surface area (Å²) in [5, 5.41) is 0. The highest BCUT2D eigenvalue weighted by Gasteiger charge is 2.28. The number of nitrogens with one attached hydrogen (secondary N) is 1. The molecule has 2 atom stereocenters. The van der Waals surface area contributed by atoms with E-state index in [0.717, 1.165) is 38.9 Å². The predicted octanol–water partition coefficient (Wildman–Crippen LogP) is 13.2. The molecular weight excluding hydrogens is 945 g/mol. The molecule has 0 aliphatic carbocycles. The van der Waals surface area contributed by atoms with Crippen LogP contribution in [-0.4, -0.2) is 8.42 Å². The van der Waals surface area contributed by atoms with Crippen LogP contribution in [0.1, 0.15) is 62.2 Å². The maximum atomic E-state index is 14.0. The Bertz CT molecular complexity index is 3150. The minimum absolute atomic E-state index is 0.134. The predicted molar refractivity (Wildman–Crippen MR) is 289 cm³/mol. The van der Waals surface area contributed by atoms with Crippen LogP contribution in [0, 0.1) is 6.92 Å². The molecule has 0 saturated carbocycles. The molecule has 9 rings (SSSR count). The number of ether oxygens (including phenoxy) is 6. The Balaban J connectivity index is 0.897. The van der Waals surface area contributed by atoms with Gasteiger partial charge in [-0.1, -0.05) is 163 Å². The van der Waals surface area contributed by atoms with Crippen LogP contribution in [0.4, 0.5) is 0 Å². The second-order valence-electron chi connectivity index (χ2n) is 17.9. The van der Waals surface area contributed by atoms with E-state index >= 15 is 0 Å². The summed E-state index contributed by atoms with van der Waals surface area (Å²) in [5.41, 5.74) is 15.2. The molecule has 3 N–H and O–H groups in total. The zero-order chi connectivity index (χ0) is 51.0. The Labute approximate surface area is 434 Å². The topological polar surface area (TPSA) is 128 Å². The summed E-state index contributed by atoms with van der Waals surface area (Å²) in [6, 6.07) is 71.2. The highest BCUT2D eigenvalue weighted by Crippen LogP contribution is 2.33. The molecule has 0 heterocycles. The first-order valence-electron chi connectivity index (χ1n) is 24.4. The summed E-state index contributed by atoms with van der Waals surface area (Å²) in [5.74, 6) is 3.80. The van der Waals surface area contributed by atoms with E-state index in [9.17, 15) is 8.42 Å². The SMILES string of the molecule is Cc1ccc(S(=O)(=O)N[C@H](c2ccc(OCc3cc(OCc4ccccc4)cc(OCc4ccccc4)c3)cc2)[C@H](N)c2ccc(OCc3cc(OCc4ccccc4)cc(OCc4ccccc4)c3)cc2)cc1. The van der Waals surface area contributed by atoms with E-state index < -0.39 is 22.1 Å². The summed E-state index contributed by atoms with van der Waals surface area (Å²) in [6.45, 7) is 3.96. The van der Waals surface area contributed by atoms with Gasteiger partial charge >= 0.3 is 0 Å². The van der Waals surface area contributed by atoms with Crippen molar-refractivity contribution < 1.29 is 36.8 Å². The van der Waals surface area contributed by atoms with Crippen LogP contribution in [0.15, 0.2) is 235 Å². The van der Waals surface area contributed by atoms with Gasteiger partial charge in [0, 0.05) is 12.1 Å². The first-order chi connectivity index (χ1) is 36.2. The average molecular weight is 1000 g/mol. The Morgan fingerprint density at radius 3 is 1.03 bits per heavy atom. The van der Waals surface area contributed by atoms with Crippen molar-refractivity contribution >= 4 is 10.0 Å². The molecular formula is C63H58N2O8S. The van der Waals surface area contributed by atoms with Gasteiger partial charge < -0.3 is 34.2 Å². The minimum atomic E-state index is -4.01. The van der Waals surface area contributed by atoms with E-state index in [0.29, 0.717) is 72.1 Å². The van der Waals surface area contributed by atoms with Gasteiger partial charge in [-0.15, -0.1) is 0 Å². The van der Waals surface area contributed by atoms with Crippen LogP contribution < -0.4 is 38.9 Å². The lowest BCUT2D eigenvalue weighted by Crippen LogP contribution is -2.36. The van der Waals surface area contributed by atoms with Crippen LogP contribution in [0.3, 0.4) is 0 Å². The number of nitrogens with two attached hydrogens (primary N) is 1. The van der Waals surface area contributed by atoms with E-state index in [4.69, 9.17) is 34.2 Å². The van der Waals surface area contributed by atoms with Crippen LogP contribution in [0.2, 0.25) is 0 Å². The summed E-state index contributed by atoms with van der Waals surface area (Å²) >= 11 is 0. The summed E-state index contributed by atoms with van der Waals surface area (Å²) in [6.07, 6.45) is 0. The summed E-state index contributed by atoms with van der Waals surface area (Å²) < 4.78 is 68.4. The fourth-order valence-corrected chi connectivity index (χ4v) is 9.36. The third-order valence-electron chi connectivity index (χ3n) is 12.2. The van der Waals surface area contributed by atoms with Crippen molar-refractivity contribution in [3.63, 3.8) is 0 Å². The molecule has 374 valence electrons. The fraction of sp³-hybridized carbons (Fsp3) is 0.143. The normalized spacial score (nSPS) is 12.0. The lowest BCUT2D eigenvalue weighted by molar-refractivity contribution is 0.281. The van der Waals surface area contributed by atoms with Gasteiger partial charge in [0.25, 0.3) is 0 Å². The van der Waals surface area contributed by atoms with Crippen molar-refractivity contribution in [3.05, 3.63) is 281 Å². The molecule has 11 heteroatoms. The molecule has 0 aromatic heterocycles. The van der Waals surface area contributed by atoms with Gasteiger partial charge in [-0.25, -0.2) is 13.1 Å². The van der Waals surface area contributed by atoms with Crippen LogP contribution in [-0.2, 0) is 49.7 Å². The van der Waals surface area contributed by atoms with E-state index in [-0.39, 0.29) is 18.1 Å². The van der Waals surface area contributed by atoms with E-state index in [1.165, 1.54) is 0 Å². The van der Waals surface area contributed by atoms with Crippen molar-refractivity contribution in [1.82, 2.24) is 4.72 Å². The minimum Gasteiger partial charge on any atom is -0.489 e. The smallest absolute Gasteiger partial charge is 0.241 e. The Morgan fingerprint density at radius 2 is 0.676 bits per heavy atom. The lowest BCUT2D eigenvalue weighted by atomic mass is 9.95. The molecule has 0 unspecified atom stereocenters. The van der Waals surface area contributed by atoms with Crippen molar-refractivity contribution in [2.75, 3.05) is 0 Å². The van der Waals surface area contributed by atoms with E-state index in [1.54, 1.807) is 24.3 Å². The van der Waals surface area contributed by atoms with Crippen molar-refractivity contribution in [3.8, 4) is 34.5 Å². The number of sulfonamides is 1. The van der Waals surface area contributed by atoms with Gasteiger partial charge in [0.15, 0.2) is 0 Å². The number of aryl methyl sites for hydroxylation is 1. The summed E-state index contributed by atoms with van der Waals surface area (Å²) in [7, 11) is -4.01. The second kappa shape index (κ2) is 24.9. The van der Waals surface area contributed by atoms with Gasteiger partial charge in [-0.2, -0.15) is 0 Å². The van der Waals surface area contributed by atoms with Gasteiger partial charge in [0.1, 0.15) is 74.1 Å². The zero-order valence-electron chi connectivity index (χ0n) is 41.1. The summed E-state index contributed by atoms with van der Waals surface area (Å²) in [4.78, 5) is 0.134. The zero-order valence-corrected chi connectivity index (χ0v) is 41.9. The maximum Gasteiger partial charge on any atom is 0.241 e. The maximum absolute atomic E-state index is 14.0. The number of benzene rings is 9. The van der Waals surface area contributed by atoms with Crippen molar-refractivity contribution in [2.45, 2.75) is 63.5 Å². The third-order valence-corrected chi connectivity index (χ3v) is 13.6.